The molecule has 0 aliphatic rings. The SMILES string of the molecule is Cn1ccnc1[C@@H](NC(=O)c1ccc(Cl)cc1)c1ccc(Cl)cc1. The average Bonchev–Trinajstić information content (AvgIpc) is 3.00. The Hall–Kier alpha value is -2.30. The number of halogens is 2. The van der Waals surface area contributed by atoms with Gasteiger partial charge in [-0.1, -0.05) is 35.3 Å². The maximum Gasteiger partial charge on any atom is 0.252 e. The molecule has 6 heteroatoms. The zero-order chi connectivity index (χ0) is 17.1. The fourth-order valence-corrected chi connectivity index (χ4v) is 2.68. The number of nitrogens with zero attached hydrogens (tertiary/aromatic N) is 2. The second kappa shape index (κ2) is 7.07. The van der Waals surface area contributed by atoms with Gasteiger partial charge in [-0.05, 0) is 42.0 Å². The molecule has 122 valence electrons. The molecule has 0 spiro atoms. The summed E-state index contributed by atoms with van der Waals surface area (Å²) in [5.41, 5.74) is 1.43. The molecule has 0 unspecified atom stereocenters. The number of rotatable bonds is 4. The summed E-state index contributed by atoms with van der Waals surface area (Å²) in [5.74, 6) is 0.536. The lowest BCUT2D eigenvalue weighted by atomic mass is 10.1. The minimum absolute atomic E-state index is 0.199. The second-order valence-electron chi connectivity index (χ2n) is 5.36. The lowest BCUT2D eigenvalue weighted by molar-refractivity contribution is 0.0941. The number of benzene rings is 2. The van der Waals surface area contributed by atoms with Gasteiger partial charge in [0.25, 0.3) is 5.91 Å². The van der Waals surface area contributed by atoms with Crippen LogP contribution < -0.4 is 5.32 Å². The first kappa shape index (κ1) is 16.6. The molecular weight excluding hydrogens is 345 g/mol. The number of imidazole rings is 1. The first-order valence-corrected chi connectivity index (χ1v) is 8.09. The Balaban J connectivity index is 1.93. The lowest BCUT2D eigenvalue weighted by Gasteiger charge is -2.19. The summed E-state index contributed by atoms with van der Waals surface area (Å²) in [6, 6.07) is 13.7. The number of nitrogens with one attached hydrogen (secondary N) is 1. The van der Waals surface area contributed by atoms with Crippen LogP contribution in [0.15, 0.2) is 60.9 Å². The van der Waals surface area contributed by atoms with E-state index in [2.05, 4.69) is 10.3 Å². The van der Waals surface area contributed by atoms with Crippen LogP contribution in [0.25, 0.3) is 0 Å². The van der Waals surface area contributed by atoms with Gasteiger partial charge in [0.05, 0.1) is 0 Å². The van der Waals surface area contributed by atoms with Crippen LogP contribution in [0.2, 0.25) is 10.0 Å². The molecule has 1 amide bonds. The molecule has 1 atom stereocenters. The topological polar surface area (TPSA) is 46.9 Å². The standard InChI is InChI=1S/C18H15Cl2N3O/c1-23-11-10-21-17(23)16(12-2-6-14(19)7-3-12)22-18(24)13-4-8-15(20)9-5-13/h2-11,16H,1H3,(H,22,24)/t16-/m0/s1. The molecular formula is C18H15Cl2N3O. The highest BCUT2D eigenvalue weighted by molar-refractivity contribution is 6.30. The van der Waals surface area contributed by atoms with Gasteiger partial charge in [0.1, 0.15) is 11.9 Å². The highest BCUT2D eigenvalue weighted by Crippen LogP contribution is 2.23. The maximum atomic E-state index is 12.6. The van der Waals surface area contributed by atoms with Crippen molar-refractivity contribution in [1.29, 1.82) is 0 Å². The first-order chi connectivity index (χ1) is 11.5. The van der Waals surface area contributed by atoms with Gasteiger partial charge in [0, 0.05) is 35.1 Å². The minimum Gasteiger partial charge on any atom is -0.338 e. The molecule has 0 bridgehead atoms. The van der Waals surface area contributed by atoms with E-state index in [1.54, 1.807) is 42.6 Å². The number of hydrogen-bond donors (Lipinski definition) is 1. The van der Waals surface area contributed by atoms with Gasteiger partial charge in [0.2, 0.25) is 0 Å². The van der Waals surface area contributed by atoms with Crippen molar-refractivity contribution < 1.29 is 4.79 Å². The average molecular weight is 360 g/mol. The second-order valence-corrected chi connectivity index (χ2v) is 6.23. The summed E-state index contributed by atoms with van der Waals surface area (Å²) >= 11 is 11.8. The zero-order valence-corrected chi connectivity index (χ0v) is 14.4. The molecule has 0 aliphatic heterocycles. The van der Waals surface area contributed by atoms with Gasteiger partial charge in [0.15, 0.2) is 0 Å². The van der Waals surface area contributed by atoms with E-state index in [9.17, 15) is 4.79 Å². The summed E-state index contributed by atoms with van der Waals surface area (Å²) in [6.45, 7) is 0. The lowest BCUT2D eigenvalue weighted by Crippen LogP contribution is -2.31. The number of carbonyl (C=O) groups excluding carboxylic acids is 1. The minimum atomic E-state index is -0.384. The van der Waals surface area contributed by atoms with Crippen LogP contribution in [0.4, 0.5) is 0 Å². The molecule has 1 N–H and O–H groups in total. The Labute approximate surface area is 150 Å². The molecule has 0 aliphatic carbocycles. The fourth-order valence-electron chi connectivity index (χ4n) is 2.42. The quantitative estimate of drug-likeness (QED) is 0.756. The van der Waals surface area contributed by atoms with Crippen LogP contribution in [0, 0.1) is 0 Å². The van der Waals surface area contributed by atoms with Crippen molar-refractivity contribution in [3.8, 4) is 0 Å². The largest absolute Gasteiger partial charge is 0.338 e. The third kappa shape index (κ3) is 3.61. The fraction of sp³-hybridized carbons (Fsp3) is 0.111. The van der Waals surface area contributed by atoms with E-state index in [0.29, 0.717) is 15.6 Å². The van der Waals surface area contributed by atoms with Crippen molar-refractivity contribution in [2.75, 3.05) is 0 Å². The molecule has 2 aromatic carbocycles. The van der Waals surface area contributed by atoms with Crippen LogP contribution >= 0.6 is 23.2 Å². The van der Waals surface area contributed by atoms with Crippen LogP contribution in [0.5, 0.6) is 0 Å². The zero-order valence-electron chi connectivity index (χ0n) is 12.9. The Morgan fingerprint density at radius 1 is 1.04 bits per heavy atom. The van der Waals surface area contributed by atoms with Crippen molar-refractivity contribution in [3.05, 3.63) is 87.9 Å². The van der Waals surface area contributed by atoms with E-state index < -0.39 is 0 Å². The predicted molar refractivity (Wildman–Crippen MR) is 95.4 cm³/mol. The van der Waals surface area contributed by atoms with Crippen LogP contribution in [-0.4, -0.2) is 15.5 Å². The van der Waals surface area contributed by atoms with E-state index in [1.165, 1.54) is 0 Å². The summed E-state index contributed by atoms with van der Waals surface area (Å²) in [5, 5.41) is 4.25. The summed E-state index contributed by atoms with van der Waals surface area (Å²) < 4.78 is 1.88. The predicted octanol–water partition coefficient (Wildman–Crippen LogP) is 4.25. The van der Waals surface area contributed by atoms with Gasteiger partial charge in [-0.3, -0.25) is 4.79 Å². The number of aromatic nitrogens is 2. The van der Waals surface area contributed by atoms with Gasteiger partial charge in [-0.15, -0.1) is 0 Å². The van der Waals surface area contributed by atoms with E-state index in [1.807, 2.05) is 29.9 Å². The number of hydrogen-bond acceptors (Lipinski definition) is 2. The maximum absolute atomic E-state index is 12.6. The third-order valence-electron chi connectivity index (χ3n) is 3.70. The van der Waals surface area contributed by atoms with Crippen LogP contribution in [-0.2, 0) is 7.05 Å². The van der Waals surface area contributed by atoms with Gasteiger partial charge in [-0.25, -0.2) is 4.98 Å². The monoisotopic (exact) mass is 359 g/mol. The summed E-state index contributed by atoms with van der Waals surface area (Å²) in [6.07, 6.45) is 3.54. The Kier molecular flexibility index (Phi) is 4.88. The van der Waals surface area contributed by atoms with Gasteiger partial charge >= 0.3 is 0 Å². The molecule has 0 fully saturated rings. The highest BCUT2D eigenvalue weighted by atomic mass is 35.5. The molecule has 1 aromatic heterocycles. The van der Waals surface area contributed by atoms with Crippen LogP contribution in [0.3, 0.4) is 0 Å². The van der Waals surface area contributed by atoms with Crippen molar-refractivity contribution in [2.45, 2.75) is 6.04 Å². The Morgan fingerprint density at radius 2 is 1.62 bits per heavy atom. The molecule has 3 rings (SSSR count). The van der Waals surface area contributed by atoms with E-state index in [-0.39, 0.29) is 11.9 Å². The summed E-state index contributed by atoms with van der Waals surface area (Å²) in [4.78, 5) is 17.0. The van der Waals surface area contributed by atoms with Gasteiger partial charge < -0.3 is 9.88 Å². The van der Waals surface area contributed by atoms with Crippen LogP contribution in [0.1, 0.15) is 27.8 Å². The van der Waals surface area contributed by atoms with Crippen molar-refractivity contribution in [1.82, 2.24) is 14.9 Å². The molecule has 0 radical (unpaired) electrons. The van der Waals surface area contributed by atoms with E-state index in [4.69, 9.17) is 23.2 Å². The molecule has 0 saturated carbocycles. The van der Waals surface area contributed by atoms with Crippen molar-refractivity contribution in [2.24, 2.45) is 7.05 Å². The van der Waals surface area contributed by atoms with Crippen molar-refractivity contribution >= 4 is 29.1 Å². The van der Waals surface area contributed by atoms with E-state index >= 15 is 0 Å². The molecule has 0 saturated heterocycles. The molecule has 24 heavy (non-hydrogen) atoms. The number of carbonyl (C=O) groups is 1. The Morgan fingerprint density at radius 3 is 2.17 bits per heavy atom. The molecule has 3 aromatic rings. The Bertz CT molecular complexity index is 841. The molecule has 4 nitrogen and oxygen atoms in total. The summed E-state index contributed by atoms with van der Waals surface area (Å²) in [7, 11) is 1.89. The normalized spacial score (nSPS) is 12.0. The third-order valence-corrected chi connectivity index (χ3v) is 4.21. The smallest absolute Gasteiger partial charge is 0.252 e. The number of aryl methyl sites for hydroxylation is 1. The molecule has 1 heterocycles. The van der Waals surface area contributed by atoms with Crippen molar-refractivity contribution in [3.63, 3.8) is 0 Å². The first-order valence-electron chi connectivity index (χ1n) is 7.34. The van der Waals surface area contributed by atoms with E-state index in [0.717, 1.165) is 11.4 Å². The number of amides is 1. The van der Waals surface area contributed by atoms with Gasteiger partial charge in [-0.2, -0.15) is 0 Å². The highest BCUT2D eigenvalue weighted by Gasteiger charge is 2.21.